The van der Waals surface area contributed by atoms with Gasteiger partial charge < -0.3 is 5.32 Å². The lowest BCUT2D eigenvalue weighted by Crippen LogP contribution is -2.45. The zero-order valence-corrected chi connectivity index (χ0v) is 17.0. The third-order valence-corrected chi connectivity index (χ3v) is 4.95. The van der Waals surface area contributed by atoms with Gasteiger partial charge in [-0.2, -0.15) is 0 Å². The van der Waals surface area contributed by atoms with Crippen molar-refractivity contribution >= 4 is 52.3 Å². The highest BCUT2D eigenvalue weighted by Crippen LogP contribution is 2.34. The van der Waals surface area contributed by atoms with Crippen LogP contribution in [-0.4, -0.2) is 31.1 Å². The van der Waals surface area contributed by atoms with Crippen LogP contribution in [0.1, 0.15) is 44.2 Å². The molecule has 0 radical (unpaired) electrons. The van der Waals surface area contributed by atoms with Crippen molar-refractivity contribution in [3.05, 3.63) is 33.3 Å². The van der Waals surface area contributed by atoms with E-state index < -0.39 is 0 Å². The van der Waals surface area contributed by atoms with E-state index in [-0.39, 0.29) is 24.8 Å². The summed E-state index contributed by atoms with van der Waals surface area (Å²) in [7, 11) is 0. The predicted octanol–water partition coefficient (Wildman–Crippen LogP) is 5.47. The summed E-state index contributed by atoms with van der Waals surface area (Å²) in [6.07, 6.45) is 5.07. The fraction of sp³-hybridized carbons (Fsp3) is 0.625. The van der Waals surface area contributed by atoms with Gasteiger partial charge in [0, 0.05) is 41.7 Å². The summed E-state index contributed by atoms with van der Waals surface area (Å²) >= 11 is 9.92. The molecule has 22 heavy (non-hydrogen) atoms. The van der Waals surface area contributed by atoms with Crippen molar-refractivity contribution in [1.29, 1.82) is 0 Å². The molecule has 0 saturated carbocycles. The van der Waals surface area contributed by atoms with Crippen molar-refractivity contribution in [1.82, 2.24) is 10.2 Å². The molecule has 0 unspecified atom stereocenters. The highest BCUT2D eigenvalue weighted by atomic mass is 79.9. The van der Waals surface area contributed by atoms with Gasteiger partial charge in [0.1, 0.15) is 0 Å². The first kappa shape index (κ1) is 22.5. The first-order chi connectivity index (χ1) is 9.72. The molecule has 0 aliphatic carbocycles. The van der Waals surface area contributed by atoms with E-state index in [1.807, 2.05) is 6.07 Å². The second-order valence-corrected chi connectivity index (χ2v) is 6.75. The number of hydrogen-bond acceptors (Lipinski definition) is 2. The molecule has 0 aromatic heterocycles. The molecule has 2 rings (SSSR count). The number of nitrogens with one attached hydrogen (secondary N) is 1. The molecule has 1 aromatic carbocycles. The van der Waals surface area contributed by atoms with Gasteiger partial charge in [-0.15, -0.1) is 24.8 Å². The Bertz CT molecular complexity index is 426. The first-order valence-electron chi connectivity index (χ1n) is 7.62. The van der Waals surface area contributed by atoms with Crippen LogP contribution in [0.25, 0.3) is 0 Å². The highest BCUT2D eigenvalue weighted by molar-refractivity contribution is 9.10. The van der Waals surface area contributed by atoms with Crippen LogP contribution in [-0.2, 0) is 0 Å². The van der Waals surface area contributed by atoms with Crippen molar-refractivity contribution < 1.29 is 0 Å². The molecule has 6 heteroatoms. The summed E-state index contributed by atoms with van der Waals surface area (Å²) < 4.78 is 1.18. The molecule has 2 nitrogen and oxygen atoms in total. The predicted molar refractivity (Wildman–Crippen MR) is 105 cm³/mol. The Morgan fingerprint density at radius 1 is 1.23 bits per heavy atom. The Labute approximate surface area is 160 Å². The van der Waals surface area contributed by atoms with Crippen molar-refractivity contribution in [2.75, 3.05) is 26.2 Å². The summed E-state index contributed by atoms with van der Waals surface area (Å²) in [5.74, 6) is 0. The van der Waals surface area contributed by atoms with Gasteiger partial charge in [0.25, 0.3) is 0 Å². The molecule has 1 heterocycles. The van der Waals surface area contributed by atoms with Crippen LogP contribution in [0.4, 0.5) is 0 Å². The van der Waals surface area contributed by atoms with Crippen LogP contribution in [0.3, 0.4) is 0 Å². The van der Waals surface area contributed by atoms with E-state index in [0.717, 1.165) is 31.2 Å². The van der Waals surface area contributed by atoms with E-state index in [9.17, 15) is 0 Å². The van der Waals surface area contributed by atoms with Gasteiger partial charge in [-0.05, 0) is 30.2 Å². The number of halogens is 4. The average molecular weight is 433 g/mol. The monoisotopic (exact) mass is 430 g/mol. The lowest BCUT2D eigenvalue weighted by molar-refractivity contribution is 0.162. The van der Waals surface area contributed by atoms with Crippen LogP contribution in [0.15, 0.2) is 22.7 Å². The lowest BCUT2D eigenvalue weighted by atomic mass is 9.98. The summed E-state index contributed by atoms with van der Waals surface area (Å²) in [5, 5.41) is 4.27. The first-order valence-corrected chi connectivity index (χ1v) is 8.79. The Morgan fingerprint density at radius 2 is 1.91 bits per heavy atom. The summed E-state index contributed by atoms with van der Waals surface area (Å²) in [6, 6.07) is 6.64. The minimum Gasteiger partial charge on any atom is -0.314 e. The van der Waals surface area contributed by atoms with Gasteiger partial charge in [-0.3, -0.25) is 4.90 Å². The number of hydrogen-bond donors (Lipinski definition) is 1. The third-order valence-electron chi connectivity index (χ3n) is 3.99. The quantitative estimate of drug-likeness (QED) is 0.600. The van der Waals surface area contributed by atoms with E-state index in [1.165, 1.54) is 35.7 Å². The van der Waals surface area contributed by atoms with E-state index in [1.54, 1.807) is 0 Å². The Kier molecular flexibility index (Phi) is 12.2. The van der Waals surface area contributed by atoms with Gasteiger partial charge >= 0.3 is 0 Å². The zero-order valence-electron chi connectivity index (χ0n) is 13.0. The van der Waals surface area contributed by atoms with Crippen molar-refractivity contribution in [3.8, 4) is 0 Å². The number of rotatable bonds is 6. The largest absolute Gasteiger partial charge is 0.314 e. The van der Waals surface area contributed by atoms with E-state index in [0.29, 0.717) is 6.04 Å². The van der Waals surface area contributed by atoms with Gasteiger partial charge in [0.05, 0.1) is 0 Å². The van der Waals surface area contributed by atoms with Gasteiger partial charge in [0.15, 0.2) is 0 Å². The molecule has 0 spiro atoms. The minimum atomic E-state index is 0. The molecule has 1 N–H and O–H groups in total. The zero-order chi connectivity index (χ0) is 14.4. The molecule has 1 saturated heterocycles. The molecule has 1 aliphatic heterocycles. The second kappa shape index (κ2) is 11.9. The van der Waals surface area contributed by atoms with Crippen molar-refractivity contribution in [3.63, 3.8) is 0 Å². The average Bonchev–Trinajstić information content (AvgIpc) is 2.48. The Morgan fingerprint density at radius 3 is 2.55 bits per heavy atom. The molecule has 0 amide bonds. The van der Waals surface area contributed by atoms with Crippen LogP contribution >= 0.6 is 52.3 Å². The lowest BCUT2D eigenvalue weighted by Gasteiger charge is -2.36. The third kappa shape index (κ3) is 6.54. The van der Waals surface area contributed by atoms with Crippen molar-refractivity contribution in [2.45, 2.75) is 38.6 Å². The van der Waals surface area contributed by atoms with E-state index in [2.05, 4.69) is 45.2 Å². The number of unbranched alkanes of at least 4 members (excludes halogenated alkanes) is 2. The SMILES string of the molecule is CCCCC[C@H](c1cc(Cl)ccc1Br)N1CCNCC1.Cl.Cl. The fourth-order valence-corrected chi connectivity index (χ4v) is 3.58. The maximum absolute atomic E-state index is 6.21. The Balaban J connectivity index is 0.00000220. The van der Waals surface area contributed by atoms with E-state index >= 15 is 0 Å². The smallest absolute Gasteiger partial charge is 0.0410 e. The highest BCUT2D eigenvalue weighted by Gasteiger charge is 2.23. The Hall–Kier alpha value is 0.490. The minimum absolute atomic E-state index is 0. The number of nitrogens with zero attached hydrogens (tertiary/aromatic N) is 1. The topological polar surface area (TPSA) is 15.3 Å². The van der Waals surface area contributed by atoms with Gasteiger partial charge in [-0.1, -0.05) is 53.7 Å². The molecular formula is C16H26BrCl3N2. The summed E-state index contributed by atoms with van der Waals surface area (Å²) in [6.45, 7) is 6.67. The molecular weight excluding hydrogens is 406 g/mol. The molecule has 1 aliphatic rings. The van der Waals surface area contributed by atoms with Gasteiger partial charge in [0.2, 0.25) is 0 Å². The van der Waals surface area contributed by atoms with Crippen molar-refractivity contribution in [2.24, 2.45) is 0 Å². The standard InChI is InChI=1S/C16H24BrClN2.2ClH/c1-2-3-4-5-16(20-10-8-19-9-11-20)14-12-13(18)6-7-15(14)17;;/h6-7,12,16,19H,2-5,8-11H2,1H3;2*1H/t16-;;/m1../s1. The maximum Gasteiger partial charge on any atom is 0.0410 e. The number of piperazine rings is 1. The van der Waals surface area contributed by atoms with Crippen LogP contribution in [0.5, 0.6) is 0 Å². The van der Waals surface area contributed by atoms with Crippen LogP contribution in [0, 0.1) is 0 Å². The molecule has 0 bridgehead atoms. The molecule has 1 aromatic rings. The van der Waals surface area contributed by atoms with Gasteiger partial charge in [-0.25, -0.2) is 0 Å². The second-order valence-electron chi connectivity index (χ2n) is 5.46. The van der Waals surface area contributed by atoms with E-state index in [4.69, 9.17) is 11.6 Å². The molecule has 128 valence electrons. The van der Waals surface area contributed by atoms with Crippen LogP contribution in [0.2, 0.25) is 5.02 Å². The van der Waals surface area contributed by atoms with Crippen LogP contribution < -0.4 is 5.32 Å². The summed E-state index contributed by atoms with van der Waals surface area (Å²) in [4.78, 5) is 2.60. The fourth-order valence-electron chi connectivity index (χ4n) is 2.89. The maximum atomic E-state index is 6.21. The molecule has 1 fully saturated rings. The normalized spacial score (nSPS) is 16.5. The summed E-state index contributed by atoms with van der Waals surface area (Å²) in [5.41, 5.74) is 1.34. The number of benzene rings is 1. The molecule has 1 atom stereocenters.